The molecule has 0 spiro atoms. The molecule has 1 aliphatic rings. The van der Waals surface area contributed by atoms with Crippen LogP contribution < -0.4 is 5.32 Å². The van der Waals surface area contributed by atoms with E-state index in [9.17, 15) is 0 Å². The molecule has 1 fully saturated rings. The molecular formula is C13H22N2OS. The summed E-state index contributed by atoms with van der Waals surface area (Å²) >= 11 is 1.83. The number of hydrogen-bond acceptors (Lipinski definition) is 4. The summed E-state index contributed by atoms with van der Waals surface area (Å²) in [6.07, 6.45) is 3.50. The normalized spacial score (nSPS) is 22.6. The third kappa shape index (κ3) is 3.27. The minimum absolute atomic E-state index is 0.500. The fraction of sp³-hybridized carbons (Fsp3) is 0.769. The second-order valence-corrected chi connectivity index (χ2v) is 6.11. The van der Waals surface area contributed by atoms with Crippen LogP contribution in [0.4, 0.5) is 0 Å². The second-order valence-electron chi connectivity index (χ2n) is 4.83. The van der Waals surface area contributed by atoms with E-state index in [0.29, 0.717) is 12.0 Å². The van der Waals surface area contributed by atoms with E-state index in [4.69, 9.17) is 4.74 Å². The molecule has 96 valence electrons. The SMILES string of the molecule is CNC(Cc1nc(C)c(C)s1)C1CCCOC1. The largest absolute Gasteiger partial charge is 0.381 e. The van der Waals surface area contributed by atoms with E-state index in [1.165, 1.54) is 28.4 Å². The quantitative estimate of drug-likeness (QED) is 0.895. The van der Waals surface area contributed by atoms with Crippen LogP contribution in [0.1, 0.15) is 28.4 Å². The van der Waals surface area contributed by atoms with Crippen molar-refractivity contribution >= 4 is 11.3 Å². The van der Waals surface area contributed by atoms with Gasteiger partial charge in [-0.2, -0.15) is 0 Å². The van der Waals surface area contributed by atoms with Crippen LogP contribution in [0.5, 0.6) is 0 Å². The third-order valence-corrected chi connectivity index (χ3v) is 4.70. The van der Waals surface area contributed by atoms with E-state index in [1.54, 1.807) is 0 Å². The van der Waals surface area contributed by atoms with Gasteiger partial charge < -0.3 is 10.1 Å². The molecule has 2 atom stereocenters. The first-order valence-electron chi connectivity index (χ1n) is 6.38. The molecule has 4 heteroatoms. The number of ether oxygens (including phenoxy) is 1. The van der Waals surface area contributed by atoms with Gasteiger partial charge in [-0.25, -0.2) is 4.98 Å². The number of nitrogens with zero attached hydrogens (tertiary/aromatic N) is 1. The highest BCUT2D eigenvalue weighted by Crippen LogP contribution is 2.23. The van der Waals surface area contributed by atoms with Gasteiger partial charge in [0.15, 0.2) is 0 Å². The fourth-order valence-corrected chi connectivity index (χ4v) is 3.39. The van der Waals surface area contributed by atoms with Gasteiger partial charge in [0.2, 0.25) is 0 Å². The number of aromatic nitrogens is 1. The summed E-state index contributed by atoms with van der Waals surface area (Å²) < 4.78 is 5.57. The molecule has 1 saturated heterocycles. The van der Waals surface area contributed by atoms with Crippen molar-refractivity contribution in [1.82, 2.24) is 10.3 Å². The van der Waals surface area contributed by atoms with Crippen LogP contribution in [0.15, 0.2) is 0 Å². The first kappa shape index (κ1) is 13.0. The Kier molecular flexibility index (Phi) is 4.54. The van der Waals surface area contributed by atoms with Gasteiger partial charge in [-0.05, 0) is 39.7 Å². The molecule has 0 saturated carbocycles. The predicted molar refractivity (Wildman–Crippen MR) is 71.7 cm³/mol. The maximum atomic E-state index is 5.57. The summed E-state index contributed by atoms with van der Waals surface area (Å²) in [5.41, 5.74) is 1.18. The Bertz CT molecular complexity index is 339. The van der Waals surface area contributed by atoms with E-state index in [-0.39, 0.29) is 0 Å². The zero-order chi connectivity index (χ0) is 12.3. The summed E-state index contributed by atoms with van der Waals surface area (Å²) in [5.74, 6) is 0.637. The fourth-order valence-electron chi connectivity index (χ4n) is 2.40. The topological polar surface area (TPSA) is 34.2 Å². The minimum atomic E-state index is 0.500. The molecule has 2 rings (SSSR count). The Hall–Kier alpha value is -0.450. The average Bonchev–Trinajstić information content (AvgIpc) is 2.67. The number of nitrogens with one attached hydrogen (secondary N) is 1. The number of aryl methyl sites for hydroxylation is 2. The average molecular weight is 254 g/mol. The molecular weight excluding hydrogens is 232 g/mol. The maximum absolute atomic E-state index is 5.57. The monoisotopic (exact) mass is 254 g/mol. The maximum Gasteiger partial charge on any atom is 0.0946 e. The highest BCUT2D eigenvalue weighted by atomic mass is 32.1. The molecule has 1 aliphatic heterocycles. The molecule has 0 bridgehead atoms. The molecule has 2 heterocycles. The summed E-state index contributed by atoms with van der Waals surface area (Å²) in [5, 5.41) is 4.69. The van der Waals surface area contributed by atoms with Gasteiger partial charge in [0.1, 0.15) is 0 Å². The molecule has 1 aromatic heterocycles. The van der Waals surface area contributed by atoms with Crippen LogP contribution in [0.25, 0.3) is 0 Å². The highest BCUT2D eigenvalue weighted by Gasteiger charge is 2.24. The van der Waals surface area contributed by atoms with Crippen LogP contribution in [0, 0.1) is 19.8 Å². The highest BCUT2D eigenvalue weighted by molar-refractivity contribution is 7.11. The number of rotatable bonds is 4. The molecule has 0 radical (unpaired) electrons. The van der Waals surface area contributed by atoms with Crippen molar-refractivity contribution in [3.05, 3.63) is 15.6 Å². The number of likely N-dealkylation sites (N-methyl/N-ethyl adjacent to an activating group) is 1. The minimum Gasteiger partial charge on any atom is -0.381 e. The molecule has 2 unspecified atom stereocenters. The van der Waals surface area contributed by atoms with Gasteiger partial charge in [0.25, 0.3) is 0 Å². The van der Waals surface area contributed by atoms with E-state index < -0.39 is 0 Å². The van der Waals surface area contributed by atoms with Crippen LogP contribution in [-0.4, -0.2) is 31.3 Å². The number of thiazole rings is 1. The van der Waals surface area contributed by atoms with E-state index in [0.717, 1.165) is 19.6 Å². The predicted octanol–water partition coefficient (Wildman–Crippen LogP) is 2.32. The van der Waals surface area contributed by atoms with Gasteiger partial charge >= 0.3 is 0 Å². The third-order valence-electron chi connectivity index (χ3n) is 3.60. The van der Waals surface area contributed by atoms with Crippen LogP contribution >= 0.6 is 11.3 Å². The van der Waals surface area contributed by atoms with E-state index in [1.807, 2.05) is 18.4 Å². The second kappa shape index (κ2) is 5.94. The molecule has 3 nitrogen and oxygen atoms in total. The van der Waals surface area contributed by atoms with Crippen LogP contribution in [0.3, 0.4) is 0 Å². The van der Waals surface area contributed by atoms with Crippen molar-refractivity contribution in [2.45, 2.75) is 39.2 Å². The van der Waals surface area contributed by atoms with E-state index in [2.05, 4.69) is 24.1 Å². The van der Waals surface area contributed by atoms with Gasteiger partial charge in [0.05, 0.1) is 17.3 Å². The van der Waals surface area contributed by atoms with Gasteiger partial charge in [-0.3, -0.25) is 0 Å². The summed E-state index contributed by atoms with van der Waals surface area (Å²) in [6.45, 7) is 6.07. The molecule has 1 aromatic rings. The zero-order valence-electron chi connectivity index (χ0n) is 11.0. The summed E-state index contributed by atoms with van der Waals surface area (Å²) in [7, 11) is 2.05. The van der Waals surface area contributed by atoms with Crippen molar-refractivity contribution in [2.75, 3.05) is 20.3 Å². The number of hydrogen-bond donors (Lipinski definition) is 1. The van der Waals surface area contributed by atoms with E-state index >= 15 is 0 Å². The Morgan fingerprint density at radius 1 is 1.53 bits per heavy atom. The lowest BCUT2D eigenvalue weighted by molar-refractivity contribution is 0.0405. The van der Waals surface area contributed by atoms with Crippen molar-refractivity contribution in [3.8, 4) is 0 Å². The Morgan fingerprint density at radius 2 is 2.35 bits per heavy atom. The van der Waals surface area contributed by atoms with Gasteiger partial charge in [-0.15, -0.1) is 11.3 Å². The van der Waals surface area contributed by atoms with Crippen LogP contribution in [0.2, 0.25) is 0 Å². The zero-order valence-corrected chi connectivity index (χ0v) is 11.8. The lowest BCUT2D eigenvalue weighted by Crippen LogP contribution is -2.39. The first-order chi connectivity index (χ1) is 8.20. The Morgan fingerprint density at radius 3 is 2.88 bits per heavy atom. The molecule has 0 aromatic carbocycles. The van der Waals surface area contributed by atoms with Gasteiger partial charge in [-0.1, -0.05) is 0 Å². The Labute approximate surface area is 108 Å². The summed E-state index contributed by atoms with van der Waals surface area (Å²) in [4.78, 5) is 5.97. The molecule has 0 aliphatic carbocycles. The lowest BCUT2D eigenvalue weighted by Gasteiger charge is -2.29. The first-order valence-corrected chi connectivity index (χ1v) is 7.20. The Balaban J connectivity index is 1.98. The summed E-state index contributed by atoms with van der Waals surface area (Å²) in [6, 6.07) is 0.500. The van der Waals surface area contributed by atoms with Gasteiger partial charge in [0, 0.05) is 23.9 Å². The smallest absolute Gasteiger partial charge is 0.0946 e. The molecule has 17 heavy (non-hydrogen) atoms. The molecule has 1 N–H and O–H groups in total. The lowest BCUT2D eigenvalue weighted by atomic mass is 9.92. The van der Waals surface area contributed by atoms with Crippen molar-refractivity contribution in [1.29, 1.82) is 0 Å². The van der Waals surface area contributed by atoms with Crippen molar-refractivity contribution < 1.29 is 4.74 Å². The van der Waals surface area contributed by atoms with Crippen molar-refractivity contribution in [3.63, 3.8) is 0 Å². The van der Waals surface area contributed by atoms with Crippen molar-refractivity contribution in [2.24, 2.45) is 5.92 Å². The van der Waals surface area contributed by atoms with Crippen LogP contribution in [-0.2, 0) is 11.2 Å². The molecule has 0 amide bonds. The standard InChI is InChI=1S/C13H22N2OS/c1-9-10(2)17-13(15-9)7-12(14-3)11-5-4-6-16-8-11/h11-12,14H,4-8H2,1-3H3.